The quantitative estimate of drug-likeness (QED) is 0.407. The molecule has 6 nitrogen and oxygen atoms in total. The number of morpholine rings is 1. The fraction of sp³-hybridized carbons (Fsp3) is 0.682. The Bertz CT molecular complexity index is 592. The van der Waals surface area contributed by atoms with Crippen molar-refractivity contribution in [3.63, 3.8) is 0 Å². The van der Waals surface area contributed by atoms with Crippen LogP contribution in [0.4, 0.5) is 0 Å². The molecule has 2 aliphatic heterocycles. The summed E-state index contributed by atoms with van der Waals surface area (Å²) >= 11 is 0. The maximum absolute atomic E-state index is 6.04. The number of hydrogen-bond donors (Lipinski definition) is 2. The summed E-state index contributed by atoms with van der Waals surface area (Å²) in [6.07, 6.45) is 6.49. The Morgan fingerprint density at radius 2 is 1.75 bits per heavy atom. The molecule has 28 heavy (non-hydrogen) atoms. The van der Waals surface area contributed by atoms with Crippen molar-refractivity contribution in [2.45, 2.75) is 45.2 Å². The van der Waals surface area contributed by atoms with Gasteiger partial charge >= 0.3 is 0 Å². The van der Waals surface area contributed by atoms with E-state index in [0.717, 1.165) is 52.4 Å². The minimum atomic E-state index is 0.542. The second kappa shape index (κ2) is 12.0. The molecule has 0 atom stereocenters. The van der Waals surface area contributed by atoms with Crippen LogP contribution >= 0.6 is 0 Å². The van der Waals surface area contributed by atoms with E-state index >= 15 is 0 Å². The van der Waals surface area contributed by atoms with Gasteiger partial charge in [0.1, 0.15) is 0 Å². The van der Waals surface area contributed by atoms with Crippen molar-refractivity contribution in [3.05, 3.63) is 35.4 Å². The Morgan fingerprint density at radius 1 is 1.00 bits per heavy atom. The molecule has 0 unspecified atom stereocenters. The summed E-state index contributed by atoms with van der Waals surface area (Å²) in [6.45, 7) is 9.87. The molecule has 2 aliphatic rings. The Hall–Kier alpha value is -1.63. The maximum atomic E-state index is 6.04. The molecule has 0 radical (unpaired) electrons. The highest BCUT2D eigenvalue weighted by atomic mass is 16.5. The van der Waals surface area contributed by atoms with Gasteiger partial charge in [0.25, 0.3) is 0 Å². The molecule has 1 aromatic rings. The van der Waals surface area contributed by atoms with E-state index in [1.807, 2.05) is 0 Å². The summed E-state index contributed by atoms with van der Waals surface area (Å²) in [5.74, 6) is 0.542. The van der Waals surface area contributed by atoms with E-state index in [4.69, 9.17) is 10.5 Å². The lowest BCUT2D eigenvalue weighted by Crippen LogP contribution is -2.39. The van der Waals surface area contributed by atoms with Crippen LogP contribution in [0.3, 0.4) is 0 Å². The molecule has 0 aliphatic carbocycles. The molecule has 0 amide bonds. The normalized spacial score (nSPS) is 20.1. The number of ether oxygens (including phenoxy) is 1. The van der Waals surface area contributed by atoms with Crippen molar-refractivity contribution >= 4 is 5.96 Å². The lowest BCUT2D eigenvalue weighted by molar-refractivity contribution is 0.0376. The van der Waals surface area contributed by atoms with E-state index in [9.17, 15) is 0 Å². The van der Waals surface area contributed by atoms with Gasteiger partial charge in [0.2, 0.25) is 0 Å². The van der Waals surface area contributed by atoms with Crippen LogP contribution in [0.5, 0.6) is 0 Å². The largest absolute Gasteiger partial charge is 0.379 e. The zero-order valence-electron chi connectivity index (χ0n) is 17.2. The van der Waals surface area contributed by atoms with E-state index in [2.05, 4.69) is 44.4 Å². The average molecular weight is 388 g/mol. The number of nitrogens with one attached hydrogen (secondary N) is 1. The smallest absolute Gasteiger partial charge is 0.188 e. The monoisotopic (exact) mass is 387 g/mol. The third-order valence-electron chi connectivity index (χ3n) is 5.59. The lowest BCUT2D eigenvalue weighted by Gasteiger charge is -2.26. The van der Waals surface area contributed by atoms with E-state index < -0.39 is 0 Å². The fourth-order valence-electron chi connectivity index (χ4n) is 3.96. The van der Waals surface area contributed by atoms with Gasteiger partial charge in [-0.15, -0.1) is 0 Å². The average Bonchev–Trinajstić information content (AvgIpc) is 2.99. The van der Waals surface area contributed by atoms with Gasteiger partial charge in [0.15, 0.2) is 5.96 Å². The molecular weight excluding hydrogens is 350 g/mol. The molecule has 156 valence electrons. The van der Waals surface area contributed by atoms with E-state index in [1.54, 1.807) is 0 Å². The van der Waals surface area contributed by atoms with Gasteiger partial charge < -0.3 is 15.8 Å². The molecule has 6 heteroatoms. The van der Waals surface area contributed by atoms with Gasteiger partial charge in [0, 0.05) is 26.2 Å². The van der Waals surface area contributed by atoms with E-state index in [0.29, 0.717) is 12.5 Å². The first kappa shape index (κ1) is 21.1. The minimum Gasteiger partial charge on any atom is -0.379 e. The molecule has 3 N–H and O–H groups in total. The standard InChI is InChI=1S/C22H37N5O/c23-22(24-9-6-12-26-13-15-28-16-14-26)25-18-20-7-5-8-21(17-20)19-27-10-3-1-2-4-11-27/h5,7-8,17H,1-4,6,9-16,18-19H2,(H3,23,24,25). The molecular formula is C22H37N5O. The predicted octanol–water partition coefficient (Wildman–Crippen LogP) is 2.19. The predicted molar refractivity (Wildman–Crippen MR) is 115 cm³/mol. The number of likely N-dealkylation sites (tertiary alicyclic amines) is 1. The van der Waals surface area contributed by atoms with Crippen molar-refractivity contribution in [1.29, 1.82) is 0 Å². The topological polar surface area (TPSA) is 66.1 Å². The first-order chi connectivity index (χ1) is 13.8. The summed E-state index contributed by atoms with van der Waals surface area (Å²) in [5, 5.41) is 3.24. The molecule has 0 spiro atoms. The first-order valence-electron chi connectivity index (χ1n) is 10.9. The molecule has 0 aromatic heterocycles. The molecule has 1 aromatic carbocycles. The highest BCUT2D eigenvalue weighted by Crippen LogP contribution is 2.14. The summed E-state index contributed by atoms with van der Waals surface area (Å²) < 4.78 is 5.38. The summed E-state index contributed by atoms with van der Waals surface area (Å²) in [4.78, 5) is 9.54. The number of hydrogen-bond acceptors (Lipinski definition) is 4. The van der Waals surface area contributed by atoms with Gasteiger partial charge in [-0.25, -0.2) is 4.99 Å². The zero-order valence-corrected chi connectivity index (χ0v) is 17.2. The summed E-state index contributed by atoms with van der Waals surface area (Å²) in [5.41, 5.74) is 8.65. The summed E-state index contributed by atoms with van der Waals surface area (Å²) in [7, 11) is 0. The van der Waals surface area contributed by atoms with Crippen molar-refractivity contribution in [2.24, 2.45) is 10.7 Å². The van der Waals surface area contributed by atoms with Gasteiger partial charge in [-0.3, -0.25) is 9.80 Å². The maximum Gasteiger partial charge on any atom is 0.188 e. The van der Waals surface area contributed by atoms with Gasteiger partial charge in [-0.1, -0.05) is 37.1 Å². The Labute approximate surface area is 170 Å². The second-order valence-electron chi connectivity index (χ2n) is 7.95. The molecule has 3 rings (SSSR count). The number of benzene rings is 1. The van der Waals surface area contributed by atoms with Gasteiger partial charge in [-0.2, -0.15) is 0 Å². The zero-order chi connectivity index (χ0) is 19.4. The second-order valence-corrected chi connectivity index (χ2v) is 7.95. The SMILES string of the molecule is NC(=NCc1cccc(CN2CCCCCC2)c1)NCCCN1CCOCC1. The van der Waals surface area contributed by atoms with Gasteiger partial charge in [-0.05, 0) is 50.0 Å². The van der Waals surface area contributed by atoms with E-state index in [1.165, 1.54) is 49.9 Å². The molecule has 0 saturated carbocycles. The highest BCUT2D eigenvalue weighted by molar-refractivity contribution is 5.77. The van der Waals surface area contributed by atoms with Crippen LogP contribution < -0.4 is 11.1 Å². The Balaban J connectivity index is 1.37. The van der Waals surface area contributed by atoms with E-state index in [-0.39, 0.29) is 0 Å². The van der Waals surface area contributed by atoms with Crippen LogP contribution in [0.1, 0.15) is 43.2 Å². The number of guanidine groups is 1. The van der Waals surface area contributed by atoms with Crippen LogP contribution in [-0.4, -0.2) is 68.2 Å². The number of rotatable bonds is 8. The molecule has 0 bridgehead atoms. The third kappa shape index (κ3) is 7.78. The number of aliphatic imine (C=N–C) groups is 1. The highest BCUT2D eigenvalue weighted by Gasteiger charge is 2.10. The van der Waals surface area contributed by atoms with Crippen molar-refractivity contribution in [1.82, 2.24) is 15.1 Å². The van der Waals surface area contributed by atoms with Crippen LogP contribution in [0.15, 0.2) is 29.3 Å². The van der Waals surface area contributed by atoms with Crippen LogP contribution in [0.25, 0.3) is 0 Å². The molecule has 2 heterocycles. The third-order valence-corrected chi connectivity index (χ3v) is 5.59. The Kier molecular flexibility index (Phi) is 9.07. The van der Waals surface area contributed by atoms with Crippen LogP contribution in [0, 0.1) is 0 Å². The van der Waals surface area contributed by atoms with Gasteiger partial charge in [0.05, 0.1) is 19.8 Å². The first-order valence-corrected chi connectivity index (χ1v) is 10.9. The molecule has 2 fully saturated rings. The fourth-order valence-corrected chi connectivity index (χ4v) is 3.96. The van der Waals surface area contributed by atoms with Crippen molar-refractivity contribution < 1.29 is 4.74 Å². The van der Waals surface area contributed by atoms with Crippen LogP contribution in [0.2, 0.25) is 0 Å². The van der Waals surface area contributed by atoms with Crippen LogP contribution in [-0.2, 0) is 17.8 Å². The number of nitrogens with zero attached hydrogens (tertiary/aromatic N) is 3. The van der Waals surface area contributed by atoms with Crippen molar-refractivity contribution in [3.8, 4) is 0 Å². The van der Waals surface area contributed by atoms with Crippen molar-refractivity contribution in [2.75, 3.05) is 52.5 Å². The minimum absolute atomic E-state index is 0.542. The Morgan fingerprint density at radius 3 is 2.54 bits per heavy atom. The summed E-state index contributed by atoms with van der Waals surface area (Å²) in [6, 6.07) is 8.79. The number of nitrogens with two attached hydrogens (primary N) is 1. The molecule has 2 saturated heterocycles. The lowest BCUT2D eigenvalue weighted by atomic mass is 10.1.